The van der Waals surface area contributed by atoms with E-state index in [0.29, 0.717) is 29.9 Å². The Morgan fingerprint density at radius 1 is 1.08 bits per heavy atom. The highest BCUT2D eigenvalue weighted by Crippen LogP contribution is 2.48. The Kier molecular flexibility index (Phi) is 6.41. The van der Waals surface area contributed by atoms with Gasteiger partial charge in [-0.15, -0.1) is 0 Å². The molecular formula is C31H32FN5O2. The maximum absolute atomic E-state index is 15.1. The van der Waals surface area contributed by atoms with Gasteiger partial charge in [-0.05, 0) is 48.8 Å². The van der Waals surface area contributed by atoms with Crippen LogP contribution < -0.4 is 5.32 Å². The van der Waals surface area contributed by atoms with Gasteiger partial charge in [0, 0.05) is 24.5 Å². The van der Waals surface area contributed by atoms with Crippen LogP contribution in [0.2, 0.25) is 0 Å². The normalized spacial score (nSPS) is 18.7. The van der Waals surface area contributed by atoms with E-state index in [1.807, 2.05) is 74.6 Å². The minimum atomic E-state index is -0.633. The number of hydrogen-bond acceptors (Lipinski definition) is 4. The Labute approximate surface area is 227 Å². The van der Waals surface area contributed by atoms with E-state index in [-0.39, 0.29) is 23.7 Å². The third kappa shape index (κ3) is 4.80. The zero-order chi connectivity index (χ0) is 27.1. The summed E-state index contributed by atoms with van der Waals surface area (Å²) in [5.74, 6) is -0.872. The third-order valence-electron chi connectivity index (χ3n) is 8.26. The second-order valence-corrected chi connectivity index (χ2v) is 11.0. The molecule has 2 fully saturated rings. The molecule has 2 aromatic carbocycles. The Bertz CT molecular complexity index is 1550. The number of carbonyl (C=O) groups excluding carboxylic acids is 2. The predicted octanol–water partition coefficient (Wildman–Crippen LogP) is 4.60. The standard InChI is InChI=1S/C31H32FN5O2/c1-31(16-17-31)22-14-15-23(33-29(22)32)28(20-9-4-3-5-10-20)34-30(39)26-13-8-18-37(26)27(38)19-24-21-11-6-7-12-25(21)36(2)35-24/h3-7,9-12,14-15,26,28H,8,13,16-19H2,1-2H3,(H,34,39)/t26-,28-/m0/s1. The number of nitrogens with zero attached hydrogens (tertiary/aromatic N) is 4. The molecule has 2 atom stereocenters. The zero-order valence-corrected chi connectivity index (χ0v) is 22.2. The smallest absolute Gasteiger partial charge is 0.243 e. The second kappa shape index (κ2) is 9.91. The van der Waals surface area contributed by atoms with E-state index in [9.17, 15) is 9.59 Å². The fourth-order valence-electron chi connectivity index (χ4n) is 5.73. The van der Waals surface area contributed by atoms with E-state index in [4.69, 9.17) is 0 Å². The van der Waals surface area contributed by atoms with Gasteiger partial charge in [-0.2, -0.15) is 9.49 Å². The Morgan fingerprint density at radius 3 is 2.56 bits per heavy atom. The molecule has 1 saturated heterocycles. The first-order valence-electron chi connectivity index (χ1n) is 13.6. The van der Waals surface area contributed by atoms with Gasteiger partial charge in [0.1, 0.15) is 6.04 Å². The van der Waals surface area contributed by atoms with E-state index in [1.165, 1.54) is 0 Å². The molecule has 4 aromatic rings. The lowest BCUT2D eigenvalue weighted by molar-refractivity contribution is -0.138. The van der Waals surface area contributed by atoms with Gasteiger partial charge in [0.15, 0.2) is 0 Å². The van der Waals surface area contributed by atoms with Crippen LogP contribution in [0.3, 0.4) is 0 Å². The highest BCUT2D eigenvalue weighted by Gasteiger charge is 2.42. The van der Waals surface area contributed by atoms with Gasteiger partial charge >= 0.3 is 0 Å². The summed E-state index contributed by atoms with van der Waals surface area (Å²) < 4.78 is 16.9. The van der Waals surface area contributed by atoms with Crippen molar-refractivity contribution in [3.05, 3.63) is 95.2 Å². The van der Waals surface area contributed by atoms with Crippen LogP contribution in [0.15, 0.2) is 66.7 Å². The first-order valence-corrected chi connectivity index (χ1v) is 13.6. The highest BCUT2D eigenvalue weighted by atomic mass is 19.1. The molecule has 2 aliphatic rings. The van der Waals surface area contributed by atoms with Gasteiger partial charge < -0.3 is 10.2 Å². The highest BCUT2D eigenvalue weighted by molar-refractivity contribution is 5.92. The van der Waals surface area contributed by atoms with Crippen molar-refractivity contribution < 1.29 is 14.0 Å². The minimum absolute atomic E-state index is 0.125. The number of benzene rings is 2. The van der Waals surface area contributed by atoms with Crippen molar-refractivity contribution in [2.24, 2.45) is 7.05 Å². The van der Waals surface area contributed by atoms with Gasteiger partial charge in [-0.1, -0.05) is 61.5 Å². The monoisotopic (exact) mass is 525 g/mol. The number of fused-ring (bicyclic) bond motifs is 1. The summed E-state index contributed by atoms with van der Waals surface area (Å²) in [6.45, 7) is 2.56. The van der Waals surface area contributed by atoms with Gasteiger partial charge in [0.2, 0.25) is 17.8 Å². The molecule has 1 saturated carbocycles. The fraction of sp³-hybridized carbons (Fsp3) is 0.355. The number of para-hydroxylation sites is 1. The van der Waals surface area contributed by atoms with Gasteiger partial charge in [0.05, 0.1) is 29.4 Å². The van der Waals surface area contributed by atoms with Crippen molar-refractivity contribution in [2.45, 2.75) is 56.5 Å². The van der Waals surface area contributed by atoms with E-state index in [2.05, 4.69) is 15.4 Å². The molecule has 2 amide bonds. The molecule has 0 spiro atoms. The van der Waals surface area contributed by atoms with Crippen LogP contribution in [-0.4, -0.2) is 44.1 Å². The summed E-state index contributed by atoms with van der Waals surface area (Å²) in [5, 5.41) is 8.59. The van der Waals surface area contributed by atoms with Crippen molar-refractivity contribution >= 4 is 22.7 Å². The number of amides is 2. The molecule has 1 aliphatic heterocycles. The number of hydrogen-bond donors (Lipinski definition) is 1. The number of likely N-dealkylation sites (tertiary alicyclic amines) is 1. The van der Waals surface area contributed by atoms with Crippen LogP contribution in [0.4, 0.5) is 4.39 Å². The topological polar surface area (TPSA) is 80.1 Å². The number of halogens is 1. The molecule has 0 unspecified atom stereocenters. The number of pyridine rings is 1. The molecule has 0 bridgehead atoms. The van der Waals surface area contributed by atoms with Crippen LogP contribution in [0.25, 0.3) is 10.9 Å². The molecule has 8 heteroatoms. The lowest BCUT2D eigenvalue weighted by Crippen LogP contribution is -2.47. The van der Waals surface area contributed by atoms with Crippen molar-refractivity contribution in [2.75, 3.05) is 6.54 Å². The van der Waals surface area contributed by atoms with Crippen LogP contribution in [0.5, 0.6) is 0 Å². The third-order valence-corrected chi connectivity index (χ3v) is 8.26. The second-order valence-electron chi connectivity index (χ2n) is 11.0. The zero-order valence-electron chi connectivity index (χ0n) is 22.2. The Balaban J connectivity index is 1.23. The molecule has 200 valence electrons. The Morgan fingerprint density at radius 2 is 1.82 bits per heavy atom. The molecule has 1 N–H and O–H groups in total. The maximum Gasteiger partial charge on any atom is 0.243 e. The lowest BCUT2D eigenvalue weighted by Gasteiger charge is -2.27. The van der Waals surface area contributed by atoms with Crippen LogP contribution in [0.1, 0.15) is 61.2 Å². The lowest BCUT2D eigenvalue weighted by atomic mass is 9.97. The van der Waals surface area contributed by atoms with Crippen LogP contribution >= 0.6 is 0 Å². The van der Waals surface area contributed by atoms with E-state index >= 15 is 4.39 Å². The van der Waals surface area contributed by atoms with Crippen LogP contribution in [0, 0.1) is 5.95 Å². The predicted molar refractivity (Wildman–Crippen MR) is 146 cm³/mol. The van der Waals surface area contributed by atoms with Crippen molar-refractivity contribution in [3.8, 4) is 0 Å². The average Bonchev–Trinajstić information content (AvgIpc) is 3.36. The number of nitrogens with one attached hydrogen (secondary N) is 1. The summed E-state index contributed by atoms with van der Waals surface area (Å²) in [4.78, 5) is 33.0. The summed E-state index contributed by atoms with van der Waals surface area (Å²) in [5.41, 5.74) is 3.39. The van der Waals surface area contributed by atoms with Crippen molar-refractivity contribution in [1.82, 2.24) is 25.0 Å². The van der Waals surface area contributed by atoms with E-state index < -0.39 is 18.0 Å². The van der Waals surface area contributed by atoms with E-state index in [1.54, 1.807) is 15.6 Å². The summed E-state index contributed by atoms with van der Waals surface area (Å²) >= 11 is 0. The largest absolute Gasteiger partial charge is 0.342 e. The molecular weight excluding hydrogens is 493 g/mol. The number of aromatic nitrogens is 3. The van der Waals surface area contributed by atoms with E-state index in [0.717, 1.165) is 35.7 Å². The molecule has 7 nitrogen and oxygen atoms in total. The number of aryl methyl sites for hydroxylation is 1. The summed E-state index contributed by atoms with van der Waals surface area (Å²) in [6.07, 6.45) is 3.33. The van der Waals surface area contributed by atoms with Crippen molar-refractivity contribution in [1.29, 1.82) is 0 Å². The first-order chi connectivity index (χ1) is 18.8. The van der Waals surface area contributed by atoms with Gasteiger partial charge in [0.25, 0.3) is 0 Å². The quantitative estimate of drug-likeness (QED) is 0.358. The fourth-order valence-corrected chi connectivity index (χ4v) is 5.73. The van der Waals surface area contributed by atoms with Gasteiger partial charge in [-0.3, -0.25) is 14.3 Å². The molecule has 3 heterocycles. The summed E-state index contributed by atoms with van der Waals surface area (Å²) in [6, 6.07) is 19.6. The van der Waals surface area contributed by atoms with Crippen molar-refractivity contribution in [3.63, 3.8) is 0 Å². The van der Waals surface area contributed by atoms with Gasteiger partial charge in [-0.25, -0.2) is 4.98 Å². The first kappa shape index (κ1) is 25.2. The molecule has 2 aromatic heterocycles. The molecule has 6 rings (SSSR count). The SMILES string of the molecule is Cn1nc(CC(=O)N2CCC[C@H]2C(=O)N[C@@H](c2ccccc2)c2ccc(C3(C)CC3)c(F)n2)c2ccccc21. The minimum Gasteiger partial charge on any atom is -0.342 e. The summed E-state index contributed by atoms with van der Waals surface area (Å²) in [7, 11) is 1.86. The molecule has 0 radical (unpaired) electrons. The molecule has 1 aliphatic carbocycles. The Hall–Kier alpha value is -4.07. The molecule has 39 heavy (non-hydrogen) atoms. The number of rotatable bonds is 7. The average molecular weight is 526 g/mol. The van der Waals surface area contributed by atoms with Crippen LogP contribution in [-0.2, 0) is 28.5 Å². The maximum atomic E-state index is 15.1. The number of carbonyl (C=O) groups is 2.